The summed E-state index contributed by atoms with van der Waals surface area (Å²) in [6.07, 6.45) is 18.7. The van der Waals surface area contributed by atoms with Crippen LogP contribution in [0.5, 0.6) is 0 Å². The fourth-order valence-corrected chi connectivity index (χ4v) is 6.30. The lowest BCUT2D eigenvalue weighted by Gasteiger charge is -2.53. The topological polar surface area (TPSA) is 20.2 Å². The Balaban J connectivity index is 1.62. The molecule has 1 N–H and O–H groups in total. The van der Waals surface area contributed by atoms with E-state index >= 15 is 0 Å². The van der Waals surface area contributed by atoms with Gasteiger partial charge in [-0.05, 0) is 86.2 Å². The van der Waals surface area contributed by atoms with E-state index in [9.17, 15) is 5.11 Å². The molecule has 0 radical (unpaired) electrons. The summed E-state index contributed by atoms with van der Waals surface area (Å²) < 4.78 is 0. The largest absolute Gasteiger partial charge is 0.508 e. The quantitative estimate of drug-likeness (QED) is 0.629. The molecule has 0 bridgehead atoms. The second-order valence-corrected chi connectivity index (χ2v) is 8.00. The SMILES string of the molecule is C#CC1CCC2C3CCC4=CC(O)=CCC4C3CCC12C. The minimum Gasteiger partial charge on any atom is -0.508 e. The molecule has 0 aromatic heterocycles. The number of terminal acetylenes is 1. The first kappa shape index (κ1) is 13.5. The number of aliphatic hydroxyl groups is 1. The minimum atomic E-state index is 0.407. The van der Waals surface area contributed by atoms with Gasteiger partial charge in [0.05, 0.1) is 0 Å². The zero-order valence-electron chi connectivity index (χ0n) is 13.0. The second kappa shape index (κ2) is 4.67. The van der Waals surface area contributed by atoms with Gasteiger partial charge < -0.3 is 5.11 Å². The minimum absolute atomic E-state index is 0.407. The predicted molar refractivity (Wildman–Crippen MR) is 85.5 cm³/mol. The number of aliphatic hydroxyl groups excluding tert-OH is 1. The lowest BCUT2D eigenvalue weighted by atomic mass is 9.51. The van der Waals surface area contributed by atoms with Crippen molar-refractivity contribution >= 4 is 0 Å². The van der Waals surface area contributed by atoms with E-state index in [1.807, 2.05) is 6.08 Å². The molecule has 0 heterocycles. The Bertz CT molecular complexity index is 549. The molecule has 3 saturated carbocycles. The van der Waals surface area contributed by atoms with Crippen LogP contribution in [0.3, 0.4) is 0 Å². The first-order chi connectivity index (χ1) is 10.1. The van der Waals surface area contributed by atoms with Crippen molar-refractivity contribution in [1.82, 2.24) is 0 Å². The average Bonchev–Trinajstić information content (AvgIpc) is 2.83. The zero-order valence-corrected chi connectivity index (χ0v) is 13.0. The lowest BCUT2D eigenvalue weighted by molar-refractivity contribution is -0.00909. The fourth-order valence-electron chi connectivity index (χ4n) is 6.30. The number of rotatable bonds is 0. The number of hydrogen-bond acceptors (Lipinski definition) is 1. The van der Waals surface area contributed by atoms with Crippen LogP contribution in [0.1, 0.15) is 51.9 Å². The highest BCUT2D eigenvalue weighted by molar-refractivity contribution is 5.28. The third-order valence-electron chi connectivity index (χ3n) is 7.37. The molecule has 1 heteroatoms. The van der Waals surface area contributed by atoms with Gasteiger partial charge in [-0.1, -0.05) is 12.5 Å². The van der Waals surface area contributed by atoms with Crippen LogP contribution in [0.25, 0.3) is 0 Å². The molecule has 6 atom stereocenters. The molecule has 0 aromatic rings. The molecule has 4 aliphatic rings. The Kier molecular flexibility index (Phi) is 3.00. The van der Waals surface area contributed by atoms with E-state index in [-0.39, 0.29) is 0 Å². The molecular formula is C20H26O. The highest BCUT2D eigenvalue weighted by Crippen LogP contribution is 2.63. The van der Waals surface area contributed by atoms with Crippen LogP contribution in [-0.4, -0.2) is 5.11 Å². The van der Waals surface area contributed by atoms with Gasteiger partial charge in [0.1, 0.15) is 5.76 Å². The highest BCUT2D eigenvalue weighted by Gasteiger charge is 2.55. The first-order valence-electron chi connectivity index (χ1n) is 8.69. The third-order valence-corrected chi connectivity index (χ3v) is 7.37. The standard InChI is InChI=1S/C20H26O/c1-3-14-5-9-19-18-7-4-13-12-15(21)6-8-16(13)17(18)10-11-20(14,19)2/h1,6,12,14,16-19,21H,4-5,7-11H2,2H3. The van der Waals surface area contributed by atoms with Crippen molar-refractivity contribution in [3.05, 3.63) is 23.5 Å². The molecule has 112 valence electrons. The molecule has 1 nitrogen and oxygen atoms in total. The molecule has 0 aliphatic heterocycles. The maximum Gasteiger partial charge on any atom is 0.111 e. The van der Waals surface area contributed by atoms with Crippen molar-refractivity contribution in [2.24, 2.45) is 35.0 Å². The summed E-state index contributed by atoms with van der Waals surface area (Å²) in [7, 11) is 0. The molecule has 4 rings (SSSR count). The molecule has 0 spiro atoms. The molecular weight excluding hydrogens is 256 g/mol. The van der Waals surface area contributed by atoms with E-state index in [1.165, 1.54) is 44.1 Å². The van der Waals surface area contributed by atoms with Crippen molar-refractivity contribution in [3.63, 3.8) is 0 Å². The van der Waals surface area contributed by atoms with Crippen molar-refractivity contribution in [1.29, 1.82) is 0 Å². The molecule has 0 amide bonds. The van der Waals surface area contributed by atoms with Crippen molar-refractivity contribution in [3.8, 4) is 12.3 Å². The highest BCUT2D eigenvalue weighted by atomic mass is 16.3. The van der Waals surface area contributed by atoms with E-state index in [4.69, 9.17) is 6.42 Å². The monoisotopic (exact) mass is 282 g/mol. The fraction of sp³-hybridized carbons (Fsp3) is 0.700. The molecule has 0 aromatic carbocycles. The summed E-state index contributed by atoms with van der Waals surface area (Å²) in [5.41, 5.74) is 1.93. The van der Waals surface area contributed by atoms with Crippen molar-refractivity contribution in [2.75, 3.05) is 0 Å². The summed E-state index contributed by atoms with van der Waals surface area (Å²) in [5, 5.41) is 9.76. The molecule has 21 heavy (non-hydrogen) atoms. The Morgan fingerprint density at radius 3 is 2.90 bits per heavy atom. The molecule has 3 fully saturated rings. The van der Waals surface area contributed by atoms with Gasteiger partial charge in [0.15, 0.2) is 0 Å². The normalized spacial score (nSPS) is 48.3. The van der Waals surface area contributed by atoms with Crippen LogP contribution in [0.15, 0.2) is 23.5 Å². The Morgan fingerprint density at radius 1 is 1.24 bits per heavy atom. The van der Waals surface area contributed by atoms with Crippen LogP contribution in [0.4, 0.5) is 0 Å². The van der Waals surface area contributed by atoms with Gasteiger partial charge in [-0.25, -0.2) is 0 Å². The second-order valence-electron chi connectivity index (χ2n) is 8.00. The number of fused-ring (bicyclic) bond motifs is 5. The van der Waals surface area contributed by atoms with E-state index < -0.39 is 0 Å². The van der Waals surface area contributed by atoms with Crippen LogP contribution in [-0.2, 0) is 0 Å². The Morgan fingerprint density at radius 2 is 2.10 bits per heavy atom. The third kappa shape index (κ3) is 1.84. The van der Waals surface area contributed by atoms with Gasteiger partial charge in [0.2, 0.25) is 0 Å². The van der Waals surface area contributed by atoms with Crippen LogP contribution < -0.4 is 0 Å². The average molecular weight is 282 g/mol. The van der Waals surface area contributed by atoms with E-state index in [2.05, 4.69) is 18.9 Å². The first-order valence-corrected chi connectivity index (χ1v) is 8.69. The van der Waals surface area contributed by atoms with Crippen molar-refractivity contribution in [2.45, 2.75) is 51.9 Å². The number of hydrogen-bond donors (Lipinski definition) is 1. The van der Waals surface area contributed by atoms with Crippen LogP contribution >= 0.6 is 0 Å². The van der Waals surface area contributed by atoms with Gasteiger partial charge in [-0.15, -0.1) is 12.3 Å². The Hall–Kier alpha value is -1.16. The summed E-state index contributed by atoms with van der Waals surface area (Å²) >= 11 is 0. The van der Waals surface area contributed by atoms with Crippen LogP contribution in [0, 0.1) is 47.3 Å². The summed E-state index contributed by atoms with van der Waals surface area (Å²) in [5.74, 6) is 7.37. The van der Waals surface area contributed by atoms with E-state index in [0.29, 0.717) is 23.0 Å². The zero-order chi connectivity index (χ0) is 14.6. The maximum absolute atomic E-state index is 9.76. The van der Waals surface area contributed by atoms with Gasteiger partial charge in [0.25, 0.3) is 0 Å². The molecule has 0 saturated heterocycles. The maximum atomic E-state index is 9.76. The van der Waals surface area contributed by atoms with Crippen LogP contribution in [0.2, 0.25) is 0 Å². The predicted octanol–water partition coefficient (Wildman–Crippen LogP) is 4.86. The Labute approximate surface area is 128 Å². The van der Waals surface area contributed by atoms with E-state index in [1.54, 1.807) is 0 Å². The summed E-state index contributed by atoms with van der Waals surface area (Å²) in [6, 6.07) is 0. The van der Waals surface area contributed by atoms with Gasteiger partial charge in [-0.2, -0.15) is 0 Å². The van der Waals surface area contributed by atoms with Gasteiger partial charge >= 0.3 is 0 Å². The molecule has 4 aliphatic carbocycles. The van der Waals surface area contributed by atoms with Gasteiger partial charge in [0, 0.05) is 5.92 Å². The number of allylic oxidation sites excluding steroid dienone is 3. The smallest absolute Gasteiger partial charge is 0.111 e. The van der Waals surface area contributed by atoms with E-state index in [0.717, 1.165) is 24.2 Å². The molecule has 6 unspecified atom stereocenters. The lowest BCUT2D eigenvalue weighted by Crippen LogP contribution is -2.45. The summed E-state index contributed by atoms with van der Waals surface area (Å²) in [4.78, 5) is 0. The van der Waals surface area contributed by atoms with Crippen molar-refractivity contribution < 1.29 is 5.11 Å². The summed E-state index contributed by atoms with van der Waals surface area (Å²) in [6.45, 7) is 2.48. The van der Waals surface area contributed by atoms with Gasteiger partial charge in [-0.3, -0.25) is 0 Å².